The molecule has 220 valence electrons. The zero-order chi connectivity index (χ0) is 29.8. The van der Waals surface area contributed by atoms with E-state index in [9.17, 15) is 29.4 Å². The number of hydrogen-bond donors (Lipinski definition) is 9. The van der Waals surface area contributed by atoms with Gasteiger partial charge in [-0.2, -0.15) is 0 Å². The second-order valence-corrected chi connectivity index (χ2v) is 9.95. The molecule has 1 heterocycles. The van der Waals surface area contributed by atoms with E-state index in [-0.39, 0.29) is 44.1 Å². The topological polar surface area (TPSA) is 251 Å². The number of aromatic nitrogens is 1. The lowest BCUT2D eigenvalue weighted by molar-refractivity contribution is -0.143. The summed E-state index contributed by atoms with van der Waals surface area (Å²) in [5.41, 5.74) is 18.4. The van der Waals surface area contributed by atoms with Crippen LogP contribution in [-0.4, -0.2) is 82.2 Å². The summed E-state index contributed by atoms with van der Waals surface area (Å²) in [6.45, 7) is 3.03. The number of hydrogen-bond acceptors (Lipinski definition) is 7. The van der Waals surface area contributed by atoms with Gasteiger partial charge < -0.3 is 48.3 Å². The van der Waals surface area contributed by atoms with E-state index in [0.717, 1.165) is 16.5 Å². The summed E-state index contributed by atoms with van der Waals surface area (Å²) in [6, 6.07) is 2.75. The molecule has 0 aliphatic carbocycles. The first-order chi connectivity index (χ1) is 18.9. The number of aliphatic hydroxyl groups excluding tert-OH is 1. The molecule has 0 fully saturated rings. The Hall–Kier alpha value is -4.17. The molecule has 0 saturated heterocycles. The molecular weight excluding hydrogens is 520 g/mol. The van der Waals surface area contributed by atoms with Crippen LogP contribution in [0, 0.1) is 5.92 Å². The van der Waals surface area contributed by atoms with Crippen molar-refractivity contribution in [2.75, 3.05) is 13.2 Å². The zero-order valence-corrected chi connectivity index (χ0v) is 22.7. The number of nitrogens with two attached hydrogens (primary N) is 3. The van der Waals surface area contributed by atoms with E-state index < -0.39 is 54.5 Å². The third-order valence-electron chi connectivity index (χ3n) is 6.17. The Labute approximate surface area is 232 Å². The van der Waals surface area contributed by atoms with Crippen LogP contribution in [0.4, 0.5) is 0 Å². The fourth-order valence-corrected chi connectivity index (χ4v) is 4.11. The van der Waals surface area contributed by atoms with Crippen molar-refractivity contribution >= 4 is 40.6 Å². The van der Waals surface area contributed by atoms with Gasteiger partial charge >= 0.3 is 5.97 Å². The van der Waals surface area contributed by atoms with E-state index in [1.807, 2.05) is 38.1 Å². The van der Waals surface area contributed by atoms with Crippen molar-refractivity contribution in [3.63, 3.8) is 0 Å². The van der Waals surface area contributed by atoms with Crippen LogP contribution in [-0.2, 0) is 25.6 Å². The number of benzene rings is 1. The largest absolute Gasteiger partial charge is 0.480 e. The highest BCUT2D eigenvalue weighted by molar-refractivity contribution is 5.94. The smallest absolute Gasteiger partial charge is 0.326 e. The predicted octanol–water partition coefficient (Wildman–Crippen LogP) is -1.33. The number of fused-ring (bicyclic) bond motifs is 1. The number of H-pyrrole nitrogens is 1. The number of carboxylic acid groups (broad SMARTS) is 1. The van der Waals surface area contributed by atoms with Crippen molar-refractivity contribution in [1.82, 2.24) is 20.9 Å². The molecule has 14 nitrogen and oxygen atoms in total. The van der Waals surface area contributed by atoms with Crippen molar-refractivity contribution in [1.29, 1.82) is 0 Å². The normalized spacial score (nSPS) is 14.1. The van der Waals surface area contributed by atoms with E-state index in [1.165, 1.54) is 0 Å². The number of aliphatic carboxylic acids is 1. The summed E-state index contributed by atoms with van der Waals surface area (Å²) in [5.74, 6) is -3.61. The van der Waals surface area contributed by atoms with Gasteiger partial charge in [-0.15, -0.1) is 0 Å². The van der Waals surface area contributed by atoms with Crippen LogP contribution in [0.5, 0.6) is 0 Å². The number of aliphatic hydroxyl groups is 1. The van der Waals surface area contributed by atoms with Crippen LogP contribution >= 0.6 is 0 Å². The Kier molecular flexibility index (Phi) is 12.4. The standard InChI is InChI=1S/C26H40N8O6/c1-14(2)10-20(25(39)40)33-23(37)19(8-5-9-30-26(28)29)32-24(38)21(13-35)34-22(36)17(27)11-15-12-31-18-7-4-3-6-16(15)18/h3-4,6-7,12,14,17,19-21,31,35H,5,8-11,13,27H2,1-2H3,(H,32,38)(H,33,37)(H,34,36)(H,39,40)(H4,28,29,30). The zero-order valence-electron chi connectivity index (χ0n) is 22.7. The van der Waals surface area contributed by atoms with Crippen LogP contribution in [0.15, 0.2) is 35.5 Å². The minimum absolute atomic E-state index is 0.0150. The lowest BCUT2D eigenvalue weighted by Gasteiger charge is -2.25. The third-order valence-corrected chi connectivity index (χ3v) is 6.17. The summed E-state index contributed by atoms with van der Waals surface area (Å²) < 4.78 is 0. The molecule has 2 rings (SSSR count). The molecule has 3 amide bonds. The van der Waals surface area contributed by atoms with Gasteiger partial charge in [0, 0.05) is 23.6 Å². The van der Waals surface area contributed by atoms with Gasteiger partial charge in [0.05, 0.1) is 12.6 Å². The molecule has 14 heteroatoms. The molecule has 0 bridgehead atoms. The van der Waals surface area contributed by atoms with Gasteiger partial charge in [0.15, 0.2) is 5.96 Å². The number of carboxylic acids is 1. The van der Waals surface area contributed by atoms with Gasteiger partial charge in [-0.3, -0.25) is 19.4 Å². The van der Waals surface area contributed by atoms with Crippen molar-refractivity contribution in [3.05, 3.63) is 36.0 Å². The first-order valence-corrected chi connectivity index (χ1v) is 13.0. The Balaban J connectivity index is 2.08. The lowest BCUT2D eigenvalue weighted by atomic mass is 10.0. The molecule has 0 saturated carbocycles. The summed E-state index contributed by atoms with van der Waals surface area (Å²) in [6.07, 6.45) is 2.46. The maximum atomic E-state index is 13.0. The number of amides is 3. The number of aliphatic imine (C=N–C) groups is 1. The van der Waals surface area contributed by atoms with Crippen LogP contribution in [0.25, 0.3) is 10.9 Å². The molecule has 2 aromatic rings. The van der Waals surface area contributed by atoms with Crippen molar-refractivity contribution in [2.45, 2.75) is 63.7 Å². The monoisotopic (exact) mass is 560 g/mol. The second kappa shape index (κ2) is 15.4. The minimum Gasteiger partial charge on any atom is -0.480 e. The van der Waals surface area contributed by atoms with Gasteiger partial charge in [0.1, 0.15) is 18.1 Å². The summed E-state index contributed by atoms with van der Waals surface area (Å²) in [4.78, 5) is 57.3. The maximum Gasteiger partial charge on any atom is 0.326 e. The number of para-hydroxylation sites is 1. The maximum absolute atomic E-state index is 13.0. The summed E-state index contributed by atoms with van der Waals surface area (Å²) in [7, 11) is 0. The van der Waals surface area contributed by atoms with E-state index in [0.29, 0.717) is 0 Å². The highest BCUT2D eigenvalue weighted by Gasteiger charge is 2.30. The Morgan fingerprint density at radius 3 is 2.23 bits per heavy atom. The number of guanidine groups is 1. The number of nitrogens with one attached hydrogen (secondary N) is 4. The van der Waals surface area contributed by atoms with Crippen molar-refractivity contribution in [3.8, 4) is 0 Å². The molecule has 0 radical (unpaired) electrons. The first-order valence-electron chi connectivity index (χ1n) is 13.0. The molecule has 4 unspecified atom stereocenters. The van der Waals surface area contributed by atoms with Crippen molar-refractivity contribution in [2.24, 2.45) is 28.1 Å². The van der Waals surface area contributed by atoms with E-state index in [1.54, 1.807) is 6.20 Å². The van der Waals surface area contributed by atoms with E-state index in [2.05, 4.69) is 25.9 Å². The van der Waals surface area contributed by atoms with Gasteiger partial charge in [-0.1, -0.05) is 32.0 Å². The predicted molar refractivity (Wildman–Crippen MR) is 150 cm³/mol. The molecule has 0 aliphatic rings. The number of carbonyl (C=O) groups excluding carboxylic acids is 3. The number of rotatable bonds is 16. The fourth-order valence-electron chi connectivity index (χ4n) is 4.11. The SMILES string of the molecule is CC(C)CC(NC(=O)C(CCCN=C(N)N)NC(=O)C(CO)NC(=O)C(N)Cc1c[nH]c2ccccc12)C(=O)O. The van der Waals surface area contributed by atoms with Crippen LogP contribution in [0.1, 0.15) is 38.7 Å². The number of nitrogens with zero attached hydrogens (tertiary/aromatic N) is 1. The van der Waals surface area contributed by atoms with Crippen LogP contribution in [0.2, 0.25) is 0 Å². The molecule has 40 heavy (non-hydrogen) atoms. The molecule has 0 aliphatic heterocycles. The second-order valence-electron chi connectivity index (χ2n) is 9.95. The summed E-state index contributed by atoms with van der Waals surface area (Å²) in [5, 5.41) is 27.6. The third kappa shape index (κ3) is 9.85. The van der Waals surface area contributed by atoms with Gasteiger partial charge in [0.2, 0.25) is 17.7 Å². The number of aromatic amines is 1. The molecule has 0 spiro atoms. The first kappa shape index (κ1) is 32.0. The quantitative estimate of drug-likeness (QED) is 0.0669. The molecule has 1 aromatic heterocycles. The highest BCUT2D eigenvalue weighted by Crippen LogP contribution is 2.18. The fraction of sp³-hybridized carbons (Fsp3) is 0.500. The Morgan fingerprint density at radius 2 is 1.60 bits per heavy atom. The molecule has 12 N–H and O–H groups in total. The summed E-state index contributed by atoms with van der Waals surface area (Å²) >= 11 is 0. The Bertz CT molecular complexity index is 1190. The van der Waals surface area contributed by atoms with E-state index >= 15 is 0 Å². The molecule has 4 atom stereocenters. The average molecular weight is 561 g/mol. The Morgan fingerprint density at radius 1 is 0.975 bits per heavy atom. The average Bonchev–Trinajstić information content (AvgIpc) is 3.30. The number of carbonyl (C=O) groups is 4. The van der Waals surface area contributed by atoms with Gasteiger partial charge in [0.25, 0.3) is 0 Å². The minimum atomic E-state index is -1.40. The molecular formula is C26H40N8O6. The van der Waals surface area contributed by atoms with Gasteiger partial charge in [-0.05, 0) is 43.2 Å². The van der Waals surface area contributed by atoms with Gasteiger partial charge in [-0.25, -0.2) is 4.79 Å². The van der Waals surface area contributed by atoms with Crippen LogP contribution < -0.4 is 33.2 Å². The lowest BCUT2D eigenvalue weighted by Crippen LogP contribution is -2.58. The van der Waals surface area contributed by atoms with Crippen molar-refractivity contribution < 1.29 is 29.4 Å². The highest BCUT2D eigenvalue weighted by atomic mass is 16.4. The van der Waals surface area contributed by atoms with E-state index in [4.69, 9.17) is 17.2 Å². The van der Waals surface area contributed by atoms with Crippen LogP contribution in [0.3, 0.4) is 0 Å². The molecule has 1 aromatic carbocycles.